The molecule has 18 heavy (non-hydrogen) atoms. The number of rotatable bonds is 6. The van der Waals surface area contributed by atoms with E-state index in [1.807, 2.05) is 7.05 Å². The van der Waals surface area contributed by atoms with Gasteiger partial charge in [0.1, 0.15) is 0 Å². The number of nitrogens with one attached hydrogen (secondary N) is 1. The van der Waals surface area contributed by atoms with Crippen molar-refractivity contribution in [1.82, 2.24) is 15.1 Å². The van der Waals surface area contributed by atoms with Crippen LogP contribution in [0.25, 0.3) is 0 Å². The molecular formula is C15H31N3. The Balaban J connectivity index is 1.65. The minimum absolute atomic E-state index is 0.694. The Bertz CT molecular complexity index is 238. The largest absolute Gasteiger partial charge is 0.318 e. The van der Waals surface area contributed by atoms with E-state index in [4.69, 9.17) is 0 Å². The summed E-state index contributed by atoms with van der Waals surface area (Å²) in [6.07, 6.45) is 4.18. The van der Waals surface area contributed by atoms with Gasteiger partial charge in [0.25, 0.3) is 0 Å². The zero-order chi connectivity index (χ0) is 13.0. The fourth-order valence-corrected chi connectivity index (χ4v) is 3.43. The molecule has 3 nitrogen and oxygen atoms in total. The smallest absolute Gasteiger partial charge is 0.0107 e. The van der Waals surface area contributed by atoms with Crippen molar-refractivity contribution >= 4 is 0 Å². The van der Waals surface area contributed by atoms with Gasteiger partial charge in [0.2, 0.25) is 0 Å². The molecule has 2 aliphatic rings. The van der Waals surface area contributed by atoms with Crippen LogP contribution in [0, 0.1) is 11.3 Å². The molecule has 2 fully saturated rings. The number of piperidine rings is 1. The molecule has 1 spiro atoms. The maximum atomic E-state index is 3.24. The van der Waals surface area contributed by atoms with E-state index >= 15 is 0 Å². The first-order valence-corrected chi connectivity index (χ1v) is 7.77. The van der Waals surface area contributed by atoms with Crippen LogP contribution in [-0.4, -0.2) is 62.7 Å². The molecule has 2 rings (SSSR count). The standard InChI is InChI=1S/C15H31N3/c1-4-14(2)11-17-8-5-15(6-9-17)12-18(13-15)10-7-16-3/h14,16H,4-13H2,1-3H3. The average molecular weight is 253 g/mol. The SMILES string of the molecule is CCC(C)CN1CCC2(CC1)CN(CCNC)C2. The van der Waals surface area contributed by atoms with E-state index in [9.17, 15) is 0 Å². The van der Waals surface area contributed by atoms with E-state index in [-0.39, 0.29) is 0 Å². The Morgan fingerprint density at radius 3 is 2.39 bits per heavy atom. The highest BCUT2D eigenvalue weighted by Crippen LogP contribution is 2.40. The predicted molar refractivity (Wildman–Crippen MR) is 77.9 cm³/mol. The summed E-state index contributed by atoms with van der Waals surface area (Å²) in [6.45, 7) is 13.8. The zero-order valence-corrected chi connectivity index (χ0v) is 12.5. The van der Waals surface area contributed by atoms with Crippen molar-refractivity contribution in [2.45, 2.75) is 33.1 Å². The Morgan fingerprint density at radius 1 is 1.17 bits per heavy atom. The van der Waals surface area contributed by atoms with Crippen LogP contribution in [-0.2, 0) is 0 Å². The van der Waals surface area contributed by atoms with Gasteiger partial charge in [0.15, 0.2) is 0 Å². The fraction of sp³-hybridized carbons (Fsp3) is 1.00. The van der Waals surface area contributed by atoms with Crippen LogP contribution >= 0.6 is 0 Å². The first-order chi connectivity index (χ1) is 8.67. The van der Waals surface area contributed by atoms with Crippen molar-refractivity contribution in [3.8, 4) is 0 Å². The van der Waals surface area contributed by atoms with Gasteiger partial charge in [-0.2, -0.15) is 0 Å². The van der Waals surface area contributed by atoms with E-state index < -0.39 is 0 Å². The third-order valence-electron chi connectivity index (χ3n) is 4.98. The summed E-state index contributed by atoms with van der Waals surface area (Å²) in [5, 5.41) is 3.24. The molecule has 2 saturated heterocycles. The van der Waals surface area contributed by atoms with Gasteiger partial charge in [-0.15, -0.1) is 0 Å². The first kappa shape index (κ1) is 14.3. The Hall–Kier alpha value is -0.120. The lowest BCUT2D eigenvalue weighted by molar-refractivity contribution is -0.0470. The molecule has 2 heterocycles. The van der Waals surface area contributed by atoms with Gasteiger partial charge in [-0.25, -0.2) is 0 Å². The average Bonchev–Trinajstić information content (AvgIpc) is 2.35. The maximum Gasteiger partial charge on any atom is 0.0107 e. The monoisotopic (exact) mass is 253 g/mol. The van der Waals surface area contributed by atoms with Crippen LogP contribution in [0.2, 0.25) is 0 Å². The molecule has 0 aromatic rings. The van der Waals surface area contributed by atoms with E-state index in [0.717, 1.165) is 12.5 Å². The number of likely N-dealkylation sites (tertiary alicyclic amines) is 2. The van der Waals surface area contributed by atoms with Gasteiger partial charge in [-0.1, -0.05) is 20.3 Å². The Kier molecular flexibility index (Phi) is 5.05. The van der Waals surface area contributed by atoms with Crippen LogP contribution in [0.3, 0.4) is 0 Å². The van der Waals surface area contributed by atoms with Crippen LogP contribution < -0.4 is 5.32 Å². The second-order valence-electron chi connectivity index (χ2n) is 6.63. The van der Waals surface area contributed by atoms with Gasteiger partial charge in [-0.3, -0.25) is 0 Å². The van der Waals surface area contributed by atoms with Crippen LogP contribution in [0.4, 0.5) is 0 Å². The van der Waals surface area contributed by atoms with E-state index in [1.54, 1.807) is 0 Å². The van der Waals surface area contributed by atoms with Gasteiger partial charge in [-0.05, 0) is 44.3 Å². The molecular weight excluding hydrogens is 222 g/mol. The molecule has 106 valence electrons. The maximum absolute atomic E-state index is 3.24. The van der Waals surface area contributed by atoms with Crippen LogP contribution in [0.5, 0.6) is 0 Å². The molecule has 0 bridgehead atoms. The minimum Gasteiger partial charge on any atom is -0.318 e. The van der Waals surface area contributed by atoms with Crippen molar-refractivity contribution in [2.75, 3.05) is 52.9 Å². The molecule has 0 aliphatic carbocycles. The number of nitrogens with zero attached hydrogens (tertiary/aromatic N) is 2. The highest BCUT2D eigenvalue weighted by molar-refractivity contribution is 4.98. The molecule has 3 heteroatoms. The third kappa shape index (κ3) is 3.46. The molecule has 1 atom stereocenters. The number of hydrogen-bond donors (Lipinski definition) is 1. The van der Waals surface area contributed by atoms with Crippen molar-refractivity contribution < 1.29 is 0 Å². The van der Waals surface area contributed by atoms with Crippen molar-refractivity contribution in [3.05, 3.63) is 0 Å². The highest BCUT2D eigenvalue weighted by atomic mass is 15.2. The summed E-state index contributed by atoms with van der Waals surface area (Å²) < 4.78 is 0. The summed E-state index contributed by atoms with van der Waals surface area (Å²) in [5.74, 6) is 0.868. The van der Waals surface area contributed by atoms with Gasteiger partial charge < -0.3 is 15.1 Å². The second kappa shape index (κ2) is 6.36. The minimum atomic E-state index is 0.694. The van der Waals surface area contributed by atoms with Crippen molar-refractivity contribution in [3.63, 3.8) is 0 Å². The summed E-state index contributed by atoms with van der Waals surface area (Å²) in [7, 11) is 2.04. The van der Waals surface area contributed by atoms with Gasteiger partial charge in [0, 0.05) is 32.7 Å². The summed E-state index contributed by atoms with van der Waals surface area (Å²) in [4.78, 5) is 5.30. The lowest BCUT2D eigenvalue weighted by atomic mass is 9.72. The Morgan fingerprint density at radius 2 is 1.83 bits per heavy atom. The quantitative estimate of drug-likeness (QED) is 0.776. The lowest BCUT2D eigenvalue weighted by Gasteiger charge is -2.54. The predicted octanol–water partition coefficient (Wildman–Crippen LogP) is 1.65. The normalized spacial score (nSPS) is 26.2. The van der Waals surface area contributed by atoms with E-state index in [0.29, 0.717) is 5.41 Å². The molecule has 0 aromatic heterocycles. The topological polar surface area (TPSA) is 18.5 Å². The van der Waals surface area contributed by atoms with Crippen LogP contribution in [0.15, 0.2) is 0 Å². The molecule has 0 saturated carbocycles. The van der Waals surface area contributed by atoms with Crippen LogP contribution in [0.1, 0.15) is 33.1 Å². The number of likely N-dealkylation sites (N-methyl/N-ethyl adjacent to an activating group) is 1. The van der Waals surface area contributed by atoms with Gasteiger partial charge >= 0.3 is 0 Å². The van der Waals surface area contributed by atoms with Gasteiger partial charge in [0.05, 0.1) is 0 Å². The Labute approximate surface area is 113 Å². The zero-order valence-electron chi connectivity index (χ0n) is 12.5. The van der Waals surface area contributed by atoms with Crippen molar-refractivity contribution in [2.24, 2.45) is 11.3 Å². The summed E-state index contributed by atoms with van der Waals surface area (Å²) >= 11 is 0. The number of hydrogen-bond acceptors (Lipinski definition) is 3. The van der Waals surface area contributed by atoms with Crippen molar-refractivity contribution in [1.29, 1.82) is 0 Å². The molecule has 0 radical (unpaired) electrons. The summed E-state index contributed by atoms with van der Waals surface area (Å²) in [6, 6.07) is 0. The molecule has 2 aliphatic heterocycles. The molecule has 1 N–H and O–H groups in total. The fourth-order valence-electron chi connectivity index (χ4n) is 3.43. The molecule has 1 unspecified atom stereocenters. The van der Waals surface area contributed by atoms with E-state index in [2.05, 4.69) is 29.0 Å². The summed E-state index contributed by atoms with van der Waals surface area (Å²) in [5.41, 5.74) is 0.694. The van der Waals surface area contributed by atoms with E-state index in [1.165, 1.54) is 58.5 Å². The first-order valence-electron chi connectivity index (χ1n) is 7.77. The highest BCUT2D eigenvalue weighted by Gasteiger charge is 2.44. The third-order valence-corrected chi connectivity index (χ3v) is 4.98. The lowest BCUT2D eigenvalue weighted by Crippen LogP contribution is -2.61. The molecule has 0 amide bonds. The molecule has 0 aromatic carbocycles. The second-order valence-corrected chi connectivity index (χ2v) is 6.63.